The van der Waals surface area contributed by atoms with Crippen molar-refractivity contribution < 1.29 is 13.5 Å². The van der Waals surface area contributed by atoms with Crippen molar-refractivity contribution in [1.82, 2.24) is 4.72 Å². The van der Waals surface area contributed by atoms with Crippen LogP contribution in [0.2, 0.25) is 10.0 Å². The van der Waals surface area contributed by atoms with E-state index < -0.39 is 10.0 Å². The Morgan fingerprint density at radius 2 is 1.95 bits per heavy atom. The van der Waals surface area contributed by atoms with E-state index in [4.69, 9.17) is 28.3 Å². The molecule has 7 heteroatoms. The number of halogens is 2. The lowest BCUT2D eigenvalue weighted by molar-refractivity contribution is 0.305. The third kappa shape index (κ3) is 4.12. The fraction of sp³-hybridized carbons (Fsp3) is 0.429. The first-order valence-electron chi connectivity index (χ1n) is 6.46. The first kappa shape index (κ1) is 16.6. The highest BCUT2D eigenvalue weighted by Crippen LogP contribution is 2.35. The lowest BCUT2D eigenvalue weighted by Gasteiger charge is -2.10. The van der Waals surface area contributed by atoms with Gasteiger partial charge in [-0.05, 0) is 24.5 Å². The van der Waals surface area contributed by atoms with E-state index >= 15 is 0 Å². The molecule has 2 N–H and O–H groups in total. The van der Waals surface area contributed by atoms with Crippen molar-refractivity contribution in [2.75, 3.05) is 6.61 Å². The minimum absolute atomic E-state index is 0.0373. The molecule has 0 bridgehead atoms. The second kappa shape index (κ2) is 6.55. The van der Waals surface area contributed by atoms with Crippen LogP contribution in [0.25, 0.3) is 0 Å². The average Bonchev–Trinajstić information content (AvgIpc) is 3.02. The third-order valence-corrected chi connectivity index (χ3v) is 5.56. The van der Waals surface area contributed by atoms with Gasteiger partial charge in [-0.3, -0.25) is 0 Å². The normalized spacial score (nSPS) is 20.8. The quantitative estimate of drug-likeness (QED) is 0.822. The topological polar surface area (TPSA) is 66.4 Å². The predicted octanol–water partition coefficient (Wildman–Crippen LogP) is 2.41. The number of benzene rings is 1. The predicted molar refractivity (Wildman–Crippen MR) is 82.9 cm³/mol. The first-order valence-corrected chi connectivity index (χ1v) is 8.70. The number of hydrogen-bond donors (Lipinski definition) is 2. The van der Waals surface area contributed by atoms with Gasteiger partial charge in [0.15, 0.2) is 0 Å². The van der Waals surface area contributed by atoms with Crippen molar-refractivity contribution in [3.63, 3.8) is 0 Å². The van der Waals surface area contributed by atoms with Gasteiger partial charge < -0.3 is 5.11 Å². The number of aliphatic hydroxyl groups is 1. The van der Waals surface area contributed by atoms with Gasteiger partial charge >= 0.3 is 0 Å². The summed E-state index contributed by atoms with van der Waals surface area (Å²) in [6.45, 7) is 1.93. The zero-order valence-corrected chi connectivity index (χ0v) is 13.7. The van der Waals surface area contributed by atoms with E-state index in [2.05, 4.69) is 16.6 Å². The van der Waals surface area contributed by atoms with Crippen molar-refractivity contribution in [2.45, 2.75) is 30.7 Å². The summed E-state index contributed by atoms with van der Waals surface area (Å²) in [5, 5.41) is 8.75. The molecule has 0 saturated heterocycles. The molecule has 1 saturated carbocycles. The van der Waals surface area contributed by atoms with Crippen LogP contribution in [0.15, 0.2) is 17.0 Å². The molecule has 21 heavy (non-hydrogen) atoms. The molecule has 0 spiro atoms. The molecule has 1 aliphatic rings. The summed E-state index contributed by atoms with van der Waals surface area (Å²) in [4.78, 5) is -0.113. The van der Waals surface area contributed by atoms with E-state index in [0.717, 1.165) is 6.42 Å². The van der Waals surface area contributed by atoms with Gasteiger partial charge in [-0.2, -0.15) is 0 Å². The fourth-order valence-electron chi connectivity index (χ4n) is 1.85. The maximum Gasteiger partial charge on any atom is 0.243 e. The Labute approximate surface area is 134 Å². The lowest BCUT2D eigenvalue weighted by Crippen LogP contribution is -2.27. The molecule has 0 radical (unpaired) electrons. The summed E-state index contributed by atoms with van der Waals surface area (Å²) in [6, 6.07) is 2.87. The molecule has 1 aromatic rings. The van der Waals surface area contributed by atoms with Gasteiger partial charge in [0.1, 0.15) is 4.90 Å². The van der Waals surface area contributed by atoms with Crippen LogP contribution < -0.4 is 4.72 Å². The fourth-order valence-corrected chi connectivity index (χ4v) is 4.43. The molecule has 1 aromatic carbocycles. The van der Waals surface area contributed by atoms with E-state index in [0.29, 0.717) is 17.9 Å². The second-order valence-electron chi connectivity index (χ2n) is 4.99. The molecule has 0 amide bonds. The van der Waals surface area contributed by atoms with Crippen molar-refractivity contribution >= 4 is 33.2 Å². The van der Waals surface area contributed by atoms with Gasteiger partial charge in [-0.1, -0.05) is 42.0 Å². The van der Waals surface area contributed by atoms with Crippen molar-refractivity contribution in [2.24, 2.45) is 5.92 Å². The van der Waals surface area contributed by atoms with E-state index in [1.54, 1.807) is 0 Å². The number of hydrogen-bond acceptors (Lipinski definition) is 3. The Morgan fingerprint density at radius 1 is 1.38 bits per heavy atom. The highest BCUT2D eigenvalue weighted by molar-refractivity contribution is 7.89. The molecular formula is C14H15Cl2NO3S. The van der Waals surface area contributed by atoms with Crippen molar-refractivity contribution in [3.05, 3.63) is 27.7 Å². The molecule has 0 aliphatic heterocycles. The average molecular weight is 348 g/mol. The summed E-state index contributed by atoms with van der Waals surface area (Å²) < 4.78 is 27.2. The molecule has 0 aromatic heterocycles. The van der Waals surface area contributed by atoms with E-state index in [-0.39, 0.29) is 27.6 Å². The van der Waals surface area contributed by atoms with Gasteiger partial charge in [0, 0.05) is 18.0 Å². The maximum absolute atomic E-state index is 12.3. The maximum atomic E-state index is 12.3. The largest absolute Gasteiger partial charge is 0.395 e. The molecule has 0 heterocycles. The second-order valence-corrected chi connectivity index (χ2v) is 7.45. The van der Waals surface area contributed by atoms with Gasteiger partial charge in [-0.25, -0.2) is 13.1 Å². The highest BCUT2D eigenvalue weighted by Gasteiger charge is 2.37. The Bertz CT molecular complexity index is 684. The van der Waals surface area contributed by atoms with Gasteiger partial charge in [-0.15, -0.1) is 0 Å². The van der Waals surface area contributed by atoms with Crippen LogP contribution in [0.3, 0.4) is 0 Å². The first-order chi connectivity index (χ1) is 9.85. The van der Waals surface area contributed by atoms with Gasteiger partial charge in [0.05, 0.1) is 16.7 Å². The molecule has 1 aliphatic carbocycles. The zero-order valence-electron chi connectivity index (χ0n) is 11.4. The van der Waals surface area contributed by atoms with Gasteiger partial charge in [0.25, 0.3) is 0 Å². The molecule has 1 fully saturated rings. The number of aliphatic hydroxyl groups excluding tert-OH is 1. The van der Waals surface area contributed by atoms with Crippen molar-refractivity contribution in [3.8, 4) is 11.8 Å². The van der Waals surface area contributed by atoms with Crippen LogP contribution in [-0.2, 0) is 10.0 Å². The molecule has 4 nitrogen and oxygen atoms in total. The SMILES string of the molecule is CC1CC1NS(=O)(=O)c1c(Cl)cc(C#CCCO)cc1Cl. The van der Waals surface area contributed by atoms with Crippen LogP contribution in [-0.4, -0.2) is 26.2 Å². The highest BCUT2D eigenvalue weighted by atomic mass is 35.5. The third-order valence-electron chi connectivity index (χ3n) is 3.15. The molecule has 2 atom stereocenters. The molecular weight excluding hydrogens is 333 g/mol. The lowest BCUT2D eigenvalue weighted by atomic mass is 10.2. The smallest absolute Gasteiger partial charge is 0.243 e. The van der Waals surface area contributed by atoms with Crippen LogP contribution in [0, 0.1) is 17.8 Å². The summed E-state index contributed by atoms with van der Waals surface area (Å²) >= 11 is 12.1. The van der Waals surface area contributed by atoms with E-state index in [9.17, 15) is 8.42 Å². The Kier molecular flexibility index (Phi) is 5.18. The molecule has 114 valence electrons. The van der Waals surface area contributed by atoms with Crippen LogP contribution in [0.5, 0.6) is 0 Å². The van der Waals surface area contributed by atoms with Crippen molar-refractivity contribution in [1.29, 1.82) is 0 Å². The summed E-state index contributed by atoms with van der Waals surface area (Å²) in [6.07, 6.45) is 1.15. The number of rotatable bonds is 4. The molecule has 2 unspecified atom stereocenters. The minimum atomic E-state index is -3.74. The summed E-state index contributed by atoms with van der Waals surface area (Å²) in [5.74, 6) is 5.84. The van der Waals surface area contributed by atoms with Crippen LogP contribution >= 0.6 is 23.2 Å². The Hall–Kier alpha value is -0.770. The monoisotopic (exact) mass is 347 g/mol. The number of sulfonamides is 1. The van der Waals surface area contributed by atoms with Crippen LogP contribution in [0.4, 0.5) is 0 Å². The van der Waals surface area contributed by atoms with E-state index in [1.165, 1.54) is 12.1 Å². The standard InChI is InChI=1S/C14H15Cl2NO3S/c1-9-6-13(9)17-21(19,20)14-11(15)7-10(8-12(14)16)4-2-3-5-18/h7-9,13,17-18H,3,5-6H2,1H3. The minimum Gasteiger partial charge on any atom is -0.395 e. The Morgan fingerprint density at radius 3 is 2.43 bits per heavy atom. The van der Waals surface area contributed by atoms with E-state index in [1.807, 2.05) is 6.92 Å². The number of nitrogens with one attached hydrogen (secondary N) is 1. The van der Waals surface area contributed by atoms with Crippen LogP contribution in [0.1, 0.15) is 25.3 Å². The zero-order chi connectivity index (χ0) is 15.6. The Balaban J connectivity index is 2.31. The van der Waals surface area contributed by atoms with Gasteiger partial charge in [0.2, 0.25) is 10.0 Å². The summed E-state index contributed by atoms with van der Waals surface area (Å²) in [5.41, 5.74) is 0.511. The molecule has 2 rings (SSSR count). The summed E-state index contributed by atoms with van der Waals surface area (Å²) in [7, 11) is -3.74.